The Morgan fingerprint density at radius 3 is 2.08 bits per heavy atom. The van der Waals surface area contributed by atoms with E-state index in [-0.39, 0.29) is 23.5 Å². The van der Waals surface area contributed by atoms with Gasteiger partial charge in [0.05, 0.1) is 0 Å². The Labute approximate surface area is 151 Å². The number of nitrogens with zero attached hydrogens (tertiary/aromatic N) is 1. The molecule has 5 aliphatic rings. The average molecular weight is 348 g/mol. The minimum absolute atomic E-state index is 0.0280. The lowest BCUT2D eigenvalue weighted by Gasteiger charge is -2.56. The van der Waals surface area contributed by atoms with E-state index >= 15 is 0 Å². The number of likely N-dealkylation sites (tertiary alicyclic amines) is 1. The van der Waals surface area contributed by atoms with Crippen LogP contribution < -0.4 is 10.6 Å². The second-order valence-corrected chi connectivity index (χ2v) is 9.20. The van der Waals surface area contributed by atoms with Crippen LogP contribution in [0.5, 0.6) is 0 Å². The van der Waals surface area contributed by atoms with Gasteiger partial charge in [0.15, 0.2) is 0 Å². The molecule has 1 aliphatic heterocycles. The molecule has 0 spiro atoms. The summed E-state index contributed by atoms with van der Waals surface area (Å²) in [5.41, 5.74) is 0.0800. The molecule has 4 saturated carbocycles. The van der Waals surface area contributed by atoms with Gasteiger partial charge in [0.2, 0.25) is 5.91 Å². The van der Waals surface area contributed by atoms with Crippen LogP contribution in [0.4, 0.5) is 4.79 Å². The van der Waals surface area contributed by atoms with Crippen molar-refractivity contribution in [2.45, 2.75) is 82.7 Å². The number of urea groups is 1. The van der Waals surface area contributed by atoms with E-state index in [1.165, 1.54) is 38.5 Å². The molecule has 0 aromatic carbocycles. The summed E-state index contributed by atoms with van der Waals surface area (Å²) in [7, 11) is 0. The van der Waals surface area contributed by atoms with Crippen LogP contribution in [0, 0.1) is 17.8 Å². The highest BCUT2D eigenvalue weighted by atomic mass is 16.2. The van der Waals surface area contributed by atoms with E-state index in [9.17, 15) is 9.59 Å². The Kier molecular flexibility index (Phi) is 4.67. The SMILES string of the molecule is CCCC(=O)N1CCC(NC(=O)NC23CC4CC(CC(C4)C2)C3)CC1. The summed E-state index contributed by atoms with van der Waals surface area (Å²) in [5, 5.41) is 6.59. The molecule has 5 fully saturated rings. The first-order chi connectivity index (χ1) is 12.0. The third-order valence-electron chi connectivity index (χ3n) is 7.06. The van der Waals surface area contributed by atoms with Gasteiger partial charge in [-0.3, -0.25) is 4.79 Å². The van der Waals surface area contributed by atoms with E-state index in [0.29, 0.717) is 6.42 Å². The number of hydrogen-bond donors (Lipinski definition) is 2. The van der Waals surface area contributed by atoms with Crippen LogP contribution in [0.1, 0.15) is 71.1 Å². The molecule has 25 heavy (non-hydrogen) atoms. The summed E-state index contributed by atoms with van der Waals surface area (Å²) in [6, 6.07) is 0.236. The van der Waals surface area contributed by atoms with Crippen LogP contribution in [0.25, 0.3) is 0 Å². The summed E-state index contributed by atoms with van der Waals surface area (Å²) >= 11 is 0. The Morgan fingerprint density at radius 1 is 1.00 bits per heavy atom. The van der Waals surface area contributed by atoms with Gasteiger partial charge in [-0.1, -0.05) is 6.92 Å². The molecule has 3 amide bonds. The van der Waals surface area contributed by atoms with Gasteiger partial charge in [-0.25, -0.2) is 4.79 Å². The van der Waals surface area contributed by atoms with Crippen molar-refractivity contribution in [3.63, 3.8) is 0 Å². The number of nitrogens with one attached hydrogen (secondary N) is 2. The van der Waals surface area contributed by atoms with Crippen LogP contribution >= 0.6 is 0 Å². The molecule has 0 aromatic heterocycles. The summed E-state index contributed by atoms with van der Waals surface area (Å²) in [5.74, 6) is 2.80. The first-order valence-corrected chi connectivity index (χ1v) is 10.4. The van der Waals surface area contributed by atoms with Gasteiger partial charge in [-0.05, 0) is 75.5 Å². The predicted molar refractivity (Wildman–Crippen MR) is 97.1 cm³/mol. The van der Waals surface area contributed by atoms with E-state index in [2.05, 4.69) is 10.6 Å². The van der Waals surface area contributed by atoms with Gasteiger partial charge in [-0.2, -0.15) is 0 Å². The summed E-state index contributed by atoms with van der Waals surface area (Å²) in [4.78, 5) is 26.5. The molecule has 4 bridgehead atoms. The second-order valence-electron chi connectivity index (χ2n) is 9.20. The largest absolute Gasteiger partial charge is 0.343 e. The van der Waals surface area contributed by atoms with Gasteiger partial charge in [0, 0.05) is 31.1 Å². The number of carbonyl (C=O) groups is 2. The van der Waals surface area contributed by atoms with Gasteiger partial charge in [-0.15, -0.1) is 0 Å². The highest BCUT2D eigenvalue weighted by molar-refractivity contribution is 5.77. The lowest BCUT2D eigenvalue weighted by molar-refractivity contribution is -0.132. The van der Waals surface area contributed by atoms with E-state index in [1.54, 1.807) is 0 Å². The summed E-state index contributed by atoms with van der Waals surface area (Å²) < 4.78 is 0. The standard InChI is InChI=1S/C20H33N3O2/c1-2-3-18(24)23-6-4-17(5-7-23)21-19(25)22-20-11-14-8-15(12-20)10-16(9-14)13-20/h14-17H,2-13H2,1H3,(H2,21,22,25). The van der Waals surface area contributed by atoms with Gasteiger partial charge in [0.25, 0.3) is 0 Å². The zero-order valence-corrected chi connectivity index (χ0v) is 15.6. The van der Waals surface area contributed by atoms with Crippen molar-refractivity contribution >= 4 is 11.9 Å². The van der Waals surface area contributed by atoms with Crippen molar-refractivity contribution in [3.05, 3.63) is 0 Å². The molecule has 0 unspecified atom stereocenters. The Hall–Kier alpha value is -1.26. The van der Waals surface area contributed by atoms with Crippen molar-refractivity contribution in [1.82, 2.24) is 15.5 Å². The minimum Gasteiger partial charge on any atom is -0.343 e. The molecule has 1 saturated heterocycles. The van der Waals surface area contributed by atoms with Gasteiger partial charge < -0.3 is 15.5 Å². The minimum atomic E-state index is 0.0280. The number of carbonyl (C=O) groups excluding carboxylic acids is 2. The van der Waals surface area contributed by atoms with Gasteiger partial charge >= 0.3 is 6.03 Å². The fourth-order valence-electron chi connectivity index (χ4n) is 6.37. The smallest absolute Gasteiger partial charge is 0.315 e. The quantitative estimate of drug-likeness (QED) is 0.821. The fraction of sp³-hybridized carbons (Fsp3) is 0.900. The van der Waals surface area contributed by atoms with Crippen LogP contribution in [0.3, 0.4) is 0 Å². The first-order valence-electron chi connectivity index (χ1n) is 10.4. The van der Waals surface area contributed by atoms with E-state index in [1.807, 2.05) is 11.8 Å². The maximum absolute atomic E-state index is 12.6. The monoisotopic (exact) mass is 347 g/mol. The van der Waals surface area contributed by atoms with Crippen molar-refractivity contribution in [3.8, 4) is 0 Å². The molecule has 0 atom stereocenters. The lowest BCUT2D eigenvalue weighted by atomic mass is 9.53. The highest BCUT2D eigenvalue weighted by Crippen LogP contribution is 2.55. The molecule has 0 aromatic rings. The molecular formula is C20H33N3O2. The van der Waals surface area contributed by atoms with Crippen molar-refractivity contribution in [2.75, 3.05) is 13.1 Å². The maximum Gasteiger partial charge on any atom is 0.315 e. The second kappa shape index (κ2) is 6.81. The number of rotatable bonds is 4. The molecule has 5 nitrogen and oxygen atoms in total. The van der Waals surface area contributed by atoms with E-state index < -0.39 is 0 Å². The summed E-state index contributed by atoms with van der Waals surface area (Å²) in [6.45, 7) is 3.60. The molecule has 4 aliphatic carbocycles. The first kappa shape index (κ1) is 17.2. The van der Waals surface area contributed by atoms with Crippen LogP contribution in [-0.4, -0.2) is 41.5 Å². The zero-order valence-electron chi connectivity index (χ0n) is 15.6. The number of hydrogen-bond acceptors (Lipinski definition) is 2. The number of piperidine rings is 1. The highest BCUT2D eigenvalue weighted by Gasteiger charge is 2.51. The van der Waals surface area contributed by atoms with E-state index in [4.69, 9.17) is 0 Å². The van der Waals surface area contributed by atoms with Crippen molar-refractivity contribution in [1.29, 1.82) is 0 Å². The third kappa shape index (κ3) is 3.65. The molecular weight excluding hydrogens is 314 g/mol. The molecule has 0 radical (unpaired) electrons. The van der Waals surface area contributed by atoms with Gasteiger partial charge in [0.1, 0.15) is 0 Å². The average Bonchev–Trinajstić information content (AvgIpc) is 2.53. The normalized spacial score (nSPS) is 37.2. The molecule has 1 heterocycles. The van der Waals surface area contributed by atoms with E-state index in [0.717, 1.165) is 50.1 Å². The zero-order chi connectivity index (χ0) is 17.4. The molecule has 2 N–H and O–H groups in total. The third-order valence-corrected chi connectivity index (χ3v) is 7.06. The fourth-order valence-corrected chi connectivity index (χ4v) is 6.37. The molecule has 5 rings (SSSR count). The Bertz CT molecular complexity index is 490. The molecule has 5 heteroatoms. The predicted octanol–water partition coefficient (Wildman–Crippen LogP) is 3.05. The number of amides is 3. The van der Waals surface area contributed by atoms with Crippen LogP contribution in [0.15, 0.2) is 0 Å². The topological polar surface area (TPSA) is 61.4 Å². The van der Waals surface area contributed by atoms with Crippen LogP contribution in [-0.2, 0) is 4.79 Å². The molecule has 140 valence electrons. The Balaban J connectivity index is 1.26. The Morgan fingerprint density at radius 2 is 1.56 bits per heavy atom. The maximum atomic E-state index is 12.6. The van der Waals surface area contributed by atoms with Crippen molar-refractivity contribution < 1.29 is 9.59 Å². The van der Waals surface area contributed by atoms with Crippen LogP contribution in [0.2, 0.25) is 0 Å². The van der Waals surface area contributed by atoms with Crippen molar-refractivity contribution in [2.24, 2.45) is 17.8 Å². The summed E-state index contributed by atoms with van der Waals surface area (Å²) in [6.07, 6.45) is 11.1. The lowest BCUT2D eigenvalue weighted by Crippen LogP contribution is -2.62.